The number of anilines is 1. The molecule has 0 atom stereocenters. The molecule has 4 heterocycles. The lowest BCUT2D eigenvalue weighted by Crippen LogP contribution is -2.29. The average molecular weight is 1010 g/mol. The van der Waals surface area contributed by atoms with Gasteiger partial charge in [0.2, 0.25) is 23.6 Å². The van der Waals surface area contributed by atoms with E-state index >= 15 is 0 Å². The maximum atomic E-state index is 13.2. The van der Waals surface area contributed by atoms with E-state index in [9.17, 15) is 54.1 Å². The molecule has 362 valence electrons. The molecule has 68 heavy (non-hydrogen) atoms. The highest BCUT2D eigenvalue weighted by molar-refractivity contribution is 8.00. The number of nitrogens with zero attached hydrogens (tertiary/aromatic N) is 8. The lowest BCUT2D eigenvalue weighted by molar-refractivity contribution is -0.386. The van der Waals surface area contributed by atoms with Gasteiger partial charge in [0.25, 0.3) is 0 Å². The molecule has 4 aromatic rings. The minimum atomic E-state index is -0.609. The quantitative estimate of drug-likeness (QED) is 0.0242. The van der Waals surface area contributed by atoms with Gasteiger partial charge >= 0.3 is 5.69 Å². The van der Waals surface area contributed by atoms with Gasteiger partial charge in [0, 0.05) is 134 Å². The molecule has 0 aromatic heterocycles. The van der Waals surface area contributed by atoms with Gasteiger partial charge in [-0.25, -0.2) is 4.39 Å². The van der Waals surface area contributed by atoms with Crippen molar-refractivity contribution in [2.75, 3.05) is 54.9 Å². The predicted molar refractivity (Wildman–Crippen MR) is 260 cm³/mol. The molecular weight excluding hydrogens is 962 g/mol. The van der Waals surface area contributed by atoms with Crippen molar-refractivity contribution in [2.45, 2.75) is 73.5 Å². The lowest BCUT2D eigenvalue weighted by atomic mass is 10.1. The molecule has 0 unspecified atom stereocenters. The van der Waals surface area contributed by atoms with Crippen molar-refractivity contribution >= 4 is 87.7 Å². The number of nitrogens with two attached hydrogens (primary N) is 1. The van der Waals surface area contributed by atoms with Crippen molar-refractivity contribution in [1.82, 2.24) is 19.6 Å². The van der Waals surface area contributed by atoms with Gasteiger partial charge in [-0.05, 0) is 70.2 Å². The molecule has 6 N–H and O–H groups in total. The van der Waals surface area contributed by atoms with E-state index in [1.54, 1.807) is 74.3 Å². The first-order valence-electron chi connectivity index (χ1n) is 20.8. The van der Waals surface area contributed by atoms with E-state index in [1.807, 2.05) is 0 Å². The van der Waals surface area contributed by atoms with Gasteiger partial charge in [0.1, 0.15) is 11.5 Å². The van der Waals surface area contributed by atoms with Crippen LogP contribution in [0.25, 0.3) is 10.4 Å². The van der Waals surface area contributed by atoms with Gasteiger partial charge in [-0.1, -0.05) is 5.11 Å². The molecule has 0 spiro atoms. The SMILES string of the molecule is CC(=O)N1CCSc2cc(F)c(O)cc2C1.CC(=O)N1CCSc2cc(N)c(O)cc2C1.CC(=O)N1CCSc2cc(N=[N+]=[N-])c(O)cc2C1.CC(=O)N1CCSc2cc([N+](=O)[O-])c(O)cc2C1. The molecule has 0 bridgehead atoms. The fourth-order valence-electron chi connectivity index (χ4n) is 7.00. The van der Waals surface area contributed by atoms with E-state index in [4.69, 9.17) is 11.3 Å². The number of benzene rings is 4. The molecule has 0 fully saturated rings. The second-order valence-electron chi connectivity index (χ2n) is 15.4. The summed E-state index contributed by atoms with van der Waals surface area (Å²) < 4.78 is 13.2. The van der Waals surface area contributed by atoms with E-state index in [2.05, 4.69) is 10.0 Å². The van der Waals surface area contributed by atoms with Gasteiger partial charge in [0.15, 0.2) is 17.3 Å². The second-order valence-corrected chi connectivity index (χ2v) is 20.0. The Hall–Kier alpha value is -6.20. The monoisotopic (exact) mass is 1010 g/mol. The summed E-state index contributed by atoms with van der Waals surface area (Å²) >= 11 is 6.23. The highest BCUT2D eigenvalue weighted by Gasteiger charge is 2.24. The Morgan fingerprint density at radius 3 is 1.35 bits per heavy atom. The number of carbonyl (C=O) groups is 4. The summed E-state index contributed by atoms with van der Waals surface area (Å²) in [4.78, 5) is 68.6. The number of phenols is 4. The molecule has 19 nitrogen and oxygen atoms in total. The number of nitro benzene ring substituents is 1. The smallest absolute Gasteiger partial charge is 0.311 e. The third-order valence-corrected chi connectivity index (χ3v) is 15.0. The van der Waals surface area contributed by atoms with Gasteiger partial charge < -0.3 is 45.8 Å². The van der Waals surface area contributed by atoms with Gasteiger partial charge in [0.05, 0.1) is 16.3 Å². The molecule has 4 aliphatic rings. The zero-order chi connectivity index (χ0) is 49.8. The zero-order valence-corrected chi connectivity index (χ0v) is 40.8. The Morgan fingerprint density at radius 2 is 0.956 bits per heavy atom. The van der Waals surface area contributed by atoms with Crippen LogP contribution in [0.4, 0.5) is 21.5 Å². The summed E-state index contributed by atoms with van der Waals surface area (Å²) in [6, 6.07) is 12.1. The first-order valence-corrected chi connectivity index (χ1v) is 24.8. The number of aromatic hydroxyl groups is 4. The number of azide groups is 1. The number of thioether (sulfide) groups is 4. The first-order chi connectivity index (χ1) is 32.3. The van der Waals surface area contributed by atoms with Crippen molar-refractivity contribution < 1.29 is 48.9 Å². The highest BCUT2D eigenvalue weighted by atomic mass is 32.2. The molecular formula is C44H50FN9O10S4. The van der Waals surface area contributed by atoms with E-state index in [0.29, 0.717) is 57.3 Å². The van der Waals surface area contributed by atoms with Crippen LogP contribution < -0.4 is 5.73 Å². The maximum Gasteiger partial charge on any atom is 0.311 e. The second kappa shape index (κ2) is 24.2. The normalized spacial score (nSPS) is 15.0. The number of halogens is 1. The highest BCUT2D eigenvalue weighted by Crippen LogP contribution is 2.39. The molecule has 0 saturated carbocycles. The van der Waals surface area contributed by atoms with E-state index in [0.717, 1.165) is 65.6 Å². The largest absolute Gasteiger partial charge is 0.507 e. The first kappa shape index (κ1) is 52.8. The molecule has 0 aliphatic carbocycles. The maximum absolute atomic E-state index is 13.2. The van der Waals surface area contributed by atoms with E-state index < -0.39 is 10.7 Å². The fourth-order valence-corrected chi connectivity index (χ4v) is 11.1. The van der Waals surface area contributed by atoms with Crippen LogP contribution in [0.5, 0.6) is 23.0 Å². The number of hydrogen-bond donors (Lipinski definition) is 5. The summed E-state index contributed by atoms with van der Waals surface area (Å²) in [5.41, 5.74) is 17.8. The van der Waals surface area contributed by atoms with Crippen LogP contribution in [-0.2, 0) is 45.4 Å². The summed E-state index contributed by atoms with van der Waals surface area (Å²) in [6.45, 7) is 10.6. The van der Waals surface area contributed by atoms with E-state index in [1.165, 1.54) is 68.6 Å². The summed E-state index contributed by atoms with van der Waals surface area (Å²) in [5.74, 6) is 1.82. The van der Waals surface area contributed by atoms with Crippen molar-refractivity contribution in [3.63, 3.8) is 0 Å². The number of amides is 4. The molecule has 4 amide bonds. The number of nitro groups is 1. The minimum Gasteiger partial charge on any atom is -0.507 e. The lowest BCUT2D eigenvalue weighted by Gasteiger charge is -2.18. The Kier molecular flexibility index (Phi) is 18.8. The Morgan fingerprint density at radius 1 is 0.603 bits per heavy atom. The minimum absolute atomic E-state index is 0.00253. The molecule has 8 rings (SSSR count). The Balaban J connectivity index is 0.000000170. The Labute approximate surface area is 408 Å². The number of fused-ring (bicyclic) bond motifs is 4. The van der Waals surface area contributed by atoms with Crippen molar-refractivity contribution in [3.8, 4) is 23.0 Å². The molecule has 4 aromatic carbocycles. The van der Waals surface area contributed by atoms with Crippen molar-refractivity contribution in [2.24, 2.45) is 5.11 Å². The summed E-state index contributed by atoms with van der Waals surface area (Å²) in [5, 5.41) is 52.4. The van der Waals surface area contributed by atoms with Crippen LogP contribution >= 0.6 is 47.0 Å². The zero-order valence-electron chi connectivity index (χ0n) is 37.5. The van der Waals surface area contributed by atoms with Crippen molar-refractivity contribution in [1.29, 1.82) is 0 Å². The summed E-state index contributed by atoms with van der Waals surface area (Å²) in [6.07, 6.45) is 0. The Bertz CT molecular complexity index is 2480. The number of phenolic OH excluding ortho intramolecular Hbond substituents is 4. The molecule has 0 radical (unpaired) electrons. The van der Waals surface area contributed by atoms with Crippen LogP contribution in [0, 0.1) is 15.9 Å². The van der Waals surface area contributed by atoms with Crippen LogP contribution in [0.15, 0.2) is 73.2 Å². The van der Waals surface area contributed by atoms with Crippen LogP contribution in [-0.4, -0.2) is 118 Å². The predicted octanol–water partition coefficient (Wildman–Crippen LogP) is 7.96. The number of carbonyl (C=O) groups excluding carboxylic acids is 4. The van der Waals surface area contributed by atoms with Gasteiger partial charge in [-0.3, -0.25) is 29.3 Å². The number of rotatable bonds is 2. The third kappa shape index (κ3) is 14.2. The topological polar surface area (TPSA) is 280 Å². The number of nitrogen functional groups attached to an aromatic ring is 1. The number of hydrogen-bond acceptors (Lipinski definition) is 16. The molecule has 0 saturated heterocycles. The van der Waals surface area contributed by atoms with E-state index in [-0.39, 0.29) is 58.0 Å². The third-order valence-electron chi connectivity index (χ3n) is 10.7. The summed E-state index contributed by atoms with van der Waals surface area (Å²) in [7, 11) is 0. The standard InChI is InChI=1S/C11H12FNO2S.C11H12N4O2S.C11H12N2O4S.C11H14N2O2S/c1-7(14)13-2-3-16-11-5-9(12)10(15)4-8(11)6-13;1-7(16)15-2-3-18-11-5-9(13-14-12)10(17)4-8(11)6-15;1-7(14)12-2-3-18-11-5-9(13(16)17)10(15)4-8(11)6-12;1-7(14)13-2-3-16-11-5-9(12)10(15)4-8(11)6-13/h4-5,15H,2-3,6H2,1H3;4-5,17H,2-3,6H2,1H3;4-5,15H,2-3,6H2,1H3;4-5,15H,2-3,6,12H2,1H3. The van der Waals surface area contributed by atoms with Crippen LogP contribution in [0.3, 0.4) is 0 Å². The van der Waals surface area contributed by atoms with Crippen molar-refractivity contribution in [3.05, 3.63) is 97.2 Å². The van der Waals surface area contributed by atoms with Gasteiger partial charge in [-0.15, -0.1) is 47.0 Å². The average Bonchev–Trinajstić information content (AvgIpc) is 3.80. The van der Waals surface area contributed by atoms with Crippen LogP contribution in [0.2, 0.25) is 0 Å². The van der Waals surface area contributed by atoms with Gasteiger partial charge in [-0.2, -0.15) is 0 Å². The molecule has 24 heteroatoms. The fraction of sp³-hybridized carbons (Fsp3) is 0.364. The van der Waals surface area contributed by atoms with Crippen LogP contribution in [0.1, 0.15) is 49.9 Å². The molecule has 4 aliphatic heterocycles.